The van der Waals surface area contributed by atoms with Crippen LogP contribution in [0.3, 0.4) is 0 Å². The minimum absolute atomic E-state index is 0.793. The molecule has 3 rings (SSSR count). The van der Waals surface area contributed by atoms with Crippen molar-refractivity contribution >= 4 is 0 Å². The van der Waals surface area contributed by atoms with Gasteiger partial charge in [-0.2, -0.15) is 0 Å². The molecule has 0 bridgehead atoms. The van der Waals surface area contributed by atoms with Crippen LogP contribution in [0.15, 0.2) is 43.4 Å². The Balaban J connectivity index is 1.57. The number of allylic oxidation sites excluding steroid dienone is 2. The van der Waals surface area contributed by atoms with E-state index in [0.29, 0.717) is 0 Å². The van der Waals surface area contributed by atoms with Gasteiger partial charge < -0.3 is 9.13 Å². The summed E-state index contributed by atoms with van der Waals surface area (Å²) < 4.78 is 4.42. The van der Waals surface area contributed by atoms with Crippen molar-refractivity contribution in [2.75, 3.05) is 13.1 Å². The normalized spacial score (nSPS) is 17.7. The van der Waals surface area contributed by atoms with Gasteiger partial charge in [-0.25, -0.2) is 9.97 Å². The maximum atomic E-state index is 4.33. The number of rotatable bonds is 9. The predicted octanol–water partition coefficient (Wildman–Crippen LogP) is 3.35. The fourth-order valence-corrected chi connectivity index (χ4v) is 3.51. The first-order chi connectivity index (χ1) is 11.8. The van der Waals surface area contributed by atoms with E-state index < -0.39 is 0 Å². The van der Waals surface area contributed by atoms with Gasteiger partial charge in [0.25, 0.3) is 0 Å². The number of aryl methyl sites for hydroxylation is 2. The summed E-state index contributed by atoms with van der Waals surface area (Å²) >= 11 is 0. The molecule has 1 aliphatic carbocycles. The Kier molecular flexibility index (Phi) is 6.24. The van der Waals surface area contributed by atoms with E-state index in [1.165, 1.54) is 31.5 Å². The Morgan fingerprint density at radius 3 is 2.96 bits per heavy atom. The maximum Gasteiger partial charge on any atom is 0.0948 e. The van der Waals surface area contributed by atoms with Gasteiger partial charge in [0.05, 0.1) is 18.3 Å². The second kappa shape index (κ2) is 8.83. The van der Waals surface area contributed by atoms with E-state index in [0.717, 1.165) is 38.5 Å². The van der Waals surface area contributed by atoms with Crippen LogP contribution >= 0.6 is 0 Å². The van der Waals surface area contributed by atoms with Crippen molar-refractivity contribution in [3.05, 3.63) is 49.1 Å². The van der Waals surface area contributed by atoms with Crippen LogP contribution in [-0.4, -0.2) is 37.1 Å². The molecule has 0 radical (unpaired) electrons. The highest BCUT2D eigenvalue weighted by Crippen LogP contribution is 2.20. The SMILES string of the molecule is CCn1cncc1CN(CCCn1ccnc1)C[C@@H]1CC=CCC1. The molecule has 1 atom stereocenters. The number of imidazole rings is 2. The Labute approximate surface area is 145 Å². The fourth-order valence-electron chi connectivity index (χ4n) is 3.51. The zero-order chi connectivity index (χ0) is 16.6. The second-order valence-electron chi connectivity index (χ2n) is 6.71. The summed E-state index contributed by atoms with van der Waals surface area (Å²) in [5, 5.41) is 0. The molecule has 0 spiro atoms. The number of hydrogen-bond acceptors (Lipinski definition) is 3. The van der Waals surface area contributed by atoms with Crippen LogP contribution in [-0.2, 0) is 19.6 Å². The van der Waals surface area contributed by atoms with E-state index in [2.05, 4.69) is 43.1 Å². The summed E-state index contributed by atoms with van der Waals surface area (Å²) in [5.41, 5.74) is 1.33. The van der Waals surface area contributed by atoms with Gasteiger partial charge in [-0.15, -0.1) is 0 Å². The first-order valence-electron chi connectivity index (χ1n) is 9.17. The zero-order valence-electron chi connectivity index (χ0n) is 14.7. The van der Waals surface area contributed by atoms with E-state index in [4.69, 9.17) is 0 Å². The third kappa shape index (κ3) is 4.81. The lowest BCUT2D eigenvalue weighted by molar-refractivity contribution is 0.205. The molecule has 0 saturated heterocycles. The van der Waals surface area contributed by atoms with Crippen molar-refractivity contribution in [2.24, 2.45) is 5.92 Å². The van der Waals surface area contributed by atoms with E-state index in [9.17, 15) is 0 Å². The molecular weight excluding hydrogens is 298 g/mol. The highest BCUT2D eigenvalue weighted by Gasteiger charge is 2.16. The Hall–Kier alpha value is -1.88. The van der Waals surface area contributed by atoms with Crippen LogP contribution in [0, 0.1) is 5.92 Å². The standard InChI is InChI=1S/C19H29N5/c1-2-24-17-21-13-19(24)15-23(14-18-7-4-3-5-8-18)11-6-10-22-12-9-20-16-22/h3-4,9,12-13,16-18H,2,5-8,10-11,14-15H2,1H3/t18-/m1/s1. The van der Waals surface area contributed by atoms with Gasteiger partial charge in [-0.05, 0) is 38.5 Å². The maximum absolute atomic E-state index is 4.33. The predicted molar refractivity (Wildman–Crippen MR) is 96.5 cm³/mol. The zero-order valence-corrected chi connectivity index (χ0v) is 14.7. The van der Waals surface area contributed by atoms with Gasteiger partial charge in [0.15, 0.2) is 0 Å². The summed E-state index contributed by atoms with van der Waals surface area (Å²) in [6.07, 6.45) is 19.4. The van der Waals surface area contributed by atoms with Gasteiger partial charge in [0, 0.05) is 51.3 Å². The lowest BCUT2D eigenvalue weighted by Crippen LogP contribution is -2.32. The molecule has 5 heteroatoms. The largest absolute Gasteiger partial charge is 0.337 e. The average Bonchev–Trinajstić information content (AvgIpc) is 3.27. The molecule has 0 saturated carbocycles. The molecule has 2 heterocycles. The molecule has 130 valence electrons. The molecule has 0 amide bonds. The summed E-state index contributed by atoms with van der Waals surface area (Å²) in [6, 6.07) is 0. The molecule has 0 aliphatic heterocycles. The average molecular weight is 327 g/mol. The van der Waals surface area contributed by atoms with Gasteiger partial charge >= 0.3 is 0 Å². The minimum Gasteiger partial charge on any atom is -0.337 e. The Bertz CT molecular complexity index is 614. The number of nitrogens with zero attached hydrogens (tertiary/aromatic N) is 5. The van der Waals surface area contributed by atoms with E-state index in [1.807, 2.05) is 31.2 Å². The monoisotopic (exact) mass is 327 g/mol. The minimum atomic E-state index is 0.793. The molecular formula is C19H29N5. The van der Waals surface area contributed by atoms with Crippen LogP contribution in [0.1, 0.15) is 38.3 Å². The molecule has 0 fully saturated rings. The van der Waals surface area contributed by atoms with Crippen LogP contribution in [0.2, 0.25) is 0 Å². The molecule has 2 aromatic rings. The van der Waals surface area contributed by atoms with E-state index >= 15 is 0 Å². The molecule has 5 nitrogen and oxygen atoms in total. The van der Waals surface area contributed by atoms with Gasteiger partial charge in [0.2, 0.25) is 0 Å². The van der Waals surface area contributed by atoms with Crippen molar-refractivity contribution in [1.82, 2.24) is 24.0 Å². The second-order valence-corrected chi connectivity index (χ2v) is 6.71. The first-order valence-corrected chi connectivity index (χ1v) is 9.17. The molecule has 24 heavy (non-hydrogen) atoms. The van der Waals surface area contributed by atoms with Gasteiger partial charge in [0.1, 0.15) is 0 Å². The molecule has 0 aromatic carbocycles. The first kappa shape index (κ1) is 17.0. The van der Waals surface area contributed by atoms with E-state index in [-0.39, 0.29) is 0 Å². The third-order valence-corrected chi connectivity index (χ3v) is 4.87. The molecule has 2 aromatic heterocycles. The highest BCUT2D eigenvalue weighted by molar-refractivity contribution is 4.99. The van der Waals surface area contributed by atoms with Crippen molar-refractivity contribution in [3.63, 3.8) is 0 Å². The number of hydrogen-bond donors (Lipinski definition) is 0. The summed E-state index contributed by atoms with van der Waals surface area (Å²) in [4.78, 5) is 11.1. The van der Waals surface area contributed by atoms with Crippen molar-refractivity contribution in [2.45, 2.75) is 52.2 Å². The topological polar surface area (TPSA) is 38.9 Å². The lowest BCUT2D eigenvalue weighted by atomic mass is 9.94. The summed E-state index contributed by atoms with van der Waals surface area (Å²) in [7, 11) is 0. The lowest BCUT2D eigenvalue weighted by Gasteiger charge is -2.28. The molecule has 0 unspecified atom stereocenters. The third-order valence-electron chi connectivity index (χ3n) is 4.87. The summed E-state index contributed by atoms with van der Waals surface area (Å²) in [5.74, 6) is 0.793. The number of aromatic nitrogens is 4. The van der Waals surface area contributed by atoms with Crippen molar-refractivity contribution in [3.8, 4) is 0 Å². The summed E-state index contributed by atoms with van der Waals surface area (Å²) in [6.45, 7) is 7.51. The fraction of sp³-hybridized carbons (Fsp3) is 0.579. The van der Waals surface area contributed by atoms with Crippen LogP contribution in [0.4, 0.5) is 0 Å². The van der Waals surface area contributed by atoms with Gasteiger partial charge in [-0.1, -0.05) is 12.2 Å². The molecule has 0 N–H and O–H groups in total. The molecule has 1 aliphatic rings. The van der Waals surface area contributed by atoms with Crippen molar-refractivity contribution in [1.29, 1.82) is 0 Å². The van der Waals surface area contributed by atoms with Crippen LogP contribution in [0.25, 0.3) is 0 Å². The van der Waals surface area contributed by atoms with E-state index in [1.54, 1.807) is 0 Å². The van der Waals surface area contributed by atoms with Crippen LogP contribution in [0.5, 0.6) is 0 Å². The quantitative estimate of drug-likeness (QED) is 0.663. The van der Waals surface area contributed by atoms with Crippen molar-refractivity contribution < 1.29 is 0 Å². The van der Waals surface area contributed by atoms with Gasteiger partial charge in [-0.3, -0.25) is 4.90 Å². The smallest absolute Gasteiger partial charge is 0.0948 e. The highest BCUT2D eigenvalue weighted by atomic mass is 15.2. The Morgan fingerprint density at radius 1 is 1.25 bits per heavy atom. The Morgan fingerprint density at radius 2 is 2.21 bits per heavy atom. The van der Waals surface area contributed by atoms with Crippen LogP contribution < -0.4 is 0 Å².